The number of rotatable bonds is 6. The highest BCUT2D eigenvalue weighted by Gasteiger charge is 2.19. The van der Waals surface area contributed by atoms with E-state index in [1.165, 1.54) is 11.8 Å². The fourth-order valence-electron chi connectivity index (χ4n) is 2.16. The monoisotopic (exact) mass is 379 g/mol. The van der Waals surface area contributed by atoms with Crippen molar-refractivity contribution in [3.63, 3.8) is 0 Å². The summed E-state index contributed by atoms with van der Waals surface area (Å²) in [5, 5.41) is 0.229. The van der Waals surface area contributed by atoms with Crippen molar-refractivity contribution in [2.24, 2.45) is 0 Å². The topological polar surface area (TPSA) is 89.0 Å². The van der Waals surface area contributed by atoms with Gasteiger partial charge in [0.15, 0.2) is 10.9 Å². The Labute approximate surface area is 152 Å². The van der Waals surface area contributed by atoms with Crippen molar-refractivity contribution in [1.82, 2.24) is 9.97 Å². The smallest absolute Gasteiger partial charge is 0.229 e. The predicted octanol–water partition coefficient (Wildman–Crippen LogP) is 3.14. The zero-order chi connectivity index (χ0) is 18.8. The van der Waals surface area contributed by atoms with Crippen LogP contribution in [0, 0.1) is 20.8 Å². The van der Waals surface area contributed by atoms with Crippen molar-refractivity contribution in [3.05, 3.63) is 46.8 Å². The quantitative estimate of drug-likeness (QED) is 0.471. The Morgan fingerprint density at radius 1 is 1.08 bits per heavy atom. The molecule has 0 unspecified atom stereocenters. The number of aryl methyl sites for hydroxylation is 2. The van der Waals surface area contributed by atoms with E-state index in [4.69, 9.17) is 0 Å². The summed E-state index contributed by atoms with van der Waals surface area (Å²) in [6.45, 7) is 7.63. The number of thioether (sulfide) groups is 1. The summed E-state index contributed by atoms with van der Waals surface area (Å²) in [5.74, 6) is -0.0598. The number of anilines is 1. The van der Waals surface area contributed by atoms with Crippen molar-refractivity contribution in [1.29, 1.82) is 0 Å². The van der Waals surface area contributed by atoms with E-state index in [1.807, 2.05) is 27.7 Å². The SMILES string of the molecule is Cc1nc(S[C@@H](C)C(=O)c2ccc(NS(C)(=O)=O)cc2)nc(C)c1C. The summed E-state index contributed by atoms with van der Waals surface area (Å²) in [4.78, 5) is 21.4. The van der Waals surface area contributed by atoms with Crippen LogP contribution in [0.5, 0.6) is 0 Å². The molecule has 1 atom stereocenters. The van der Waals surface area contributed by atoms with Crippen LogP contribution in [-0.2, 0) is 10.0 Å². The maximum absolute atomic E-state index is 12.6. The molecule has 0 saturated carbocycles. The average molecular weight is 380 g/mol. The summed E-state index contributed by atoms with van der Waals surface area (Å²) in [5.41, 5.74) is 3.81. The molecule has 0 amide bonds. The van der Waals surface area contributed by atoms with Gasteiger partial charge >= 0.3 is 0 Å². The molecule has 0 fully saturated rings. The molecule has 2 aromatic rings. The van der Waals surface area contributed by atoms with Gasteiger partial charge in [0.05, 0.1) is 11.5 Å². The first-order valence-corrected chi connectivity index (χ1v) is 10.4. The van der Waals surface area contributed by atoms with Crippen molar-refractivity contribution in [2.75, 3.05) is 11.0 Å². The summed E-state index contributed by atoms with van der Waals surface area (Å²) in [6.07, 6.45) is 1.08. The molecule has 0 aliphatic heterocycles. The molecule has 0 aliphatic carbocycles. The molecular weight excluding hydrogens is 358 g/mol. The summed E-state index contributed by atoms with van der Waals surface area (Å²) in [6, 6.07) is 6.36. The third-order valence-corrected chi connectivity index (χ3v) is 5.30. The maximum Gasteiger partial charge on any atom is 0.229 e. The minimum absolute atomic E-state index is 0.0598. The number of nitrogens with zero attached hydrogens (tertiary/aromatic N) is 2. The molecule has 1 aromatic carbocycles. The third kappa shape index (κ3) is 5.27. The predicted molar refractivity (Wildman–Crippen MR) is 101 cm³/mol. The third-order valence-electron chi connectivity index (χ3n) is 3.74. The molecule has 1 N–H and O–H groups in total. The van der Waals surface area contributed by atoms with Crippen LogP contribution in [0.15, 0.2) is 29.4 Å². The van der Waals surface area contributed by atoms with Gasteiger partial charge in [-0.3, -0.25) is 9.52 Å². The minimum atomic E-state index is -3.33. The van der Waals surface area contributed by atoms with Crippen LogP contribution in [0.25, 0.3) is 0 Å². The molecule has 6 nitrogen and oxygen atoms in total. The highest BCUT2D eigenvalue weighted by molar-refractivity contribution is 8.00. The Balaban J connectivity index is 2.12. The Morgan fingerprint density at radius 2 is 1.60 bits per heavy atom. The molecule has 2 rings (SSSR count). The maximum atomic E-state index is 12.6. The highest BCUT2D eigenvalue weighted by atomic mass is 32.2. The van der Waals surface area contributed by atoms with E-state index in [2.05, 4.69) is 14.7 Å². The number of ketones is 1. The van der Waals surface area contributed by atoms with Gasteiger partial charge in [-0.1, -0.05) is 11.8 Å². The van der Waals surface area contributed by atoms with E-state index in [0.29, 0.717) is 16.4 Å². The van der Waals surface area contributed by atoms with Gasteiger partial charge in [-0.15, -0.1) is 0 Å². The standard InChI is InChI=1S/C17H21N3O3S2/c1-10-11(2)18-17(19-12(10)3)24-13(4)16(21)14-6-8-15(9-7-14)20-25(5,22)23/h6-9,13,20H,1-5H3/t13-/m0/s1. The van der Waals surface area contributed by atoms with Crippen LogP contribution in [-0.4, -0.2) is 35.7 Å². The first kappa shape index (κ1) is 19.4. The van der Waals surface area contributed by atoms with E-state index >= 15 is 0 Å². The Hall–Kier alpha value is -1.93. The minimum Gasteiger partial charge on any atom is -0.293 e. The normalized spacial score (nSPS) is 12.7. The largest absolute Gasteiger partial charge is 0.293 e. The van der Waals surface area contributed by atoms with Crippen LogP contribution in [0.1, 0.15) is 34.2 Å². The first-order chi connectivity index (χ1) is 11.6. The Kier molecular flexibility index (Phi) is 5.84. The van der Waals surface area contributed by atoms with Crippen molar-refractivity contribution in [2.45, 2.75) is 38.1 Å². The Morgan fingerprint density at radius 3 is 2.08 bits per heavy atom. The molecule has 8 heteroatoms. The van der Waals surface area contributed by atoms with Crippen LogP contribution in [0.4, 0.5) is 5.69 Å². The molecular formula is C17H21N3O3S2. The van der Waals surface area contributed by atoms with E-state index in [9.17, 15) is 13.2 Å². The van der Waals surface area contributed by atoms with Gasteiger partial charge in [0.25, 0.3) is 0 Å². The molecule has 25 heavy (non-hydrogen) atoms. The average Bonchev–Trinajstić information content (AvgIpc) is 2.51. The zero-order valence-corrected chi connectivity index (χ0v) is 16.5. The van der Waals surface area contributed by atoms with Crippen molar-refractivity contribution < 1.29 is 13.2 Å². The number of aromatic nitrogens is 2. The lowest BCUT2D eigenvalue weighted by molar-refractivity contribution is 0.0994. The lowest BCUT2D eigenvalue weighted by Crippen LogP contribution is -2.15. The first-order valence-electron chi connectivity index (χ1n) is 7.67. The van der Waals surface area contributed by atoms with E-state index in [1.54, 1.807) is 24.3 Å². The van der Waals surface area contributed by atoms with E-state index in [0.717, 1.165) is 23.2 Å². The van der Waals surface area contributed by atoms with Crippen LogP contribution >= 0.6 is 11.8 Å². The molecule has 1 heterocycles. The second-order valence-corrected chi connectivity index (χ2v) is 8.93. The fraction of sp³-hybridized carbons (Fsp3) is 0.353. The summed E-state index contributed by atoms with van der Waals surface area (Å²) >= 11 is 1.31. The van der Waals surface area contributed by atoms with Crippen molar-refractivity contribution >= 4 is 33.3 Å². The number of nitrogens with one attached hydrogen (secondary N) is 1. The number of hydrogen-bond acceptors (Lipinski definition) is 6. The number of carbonyl (C=O) groups excluding carboxylic acids is 1. The molecule has 0 saturated heterocycles. The lowest BCUT2D eigenvalue weighted by Gasteiger charge is -2.12. The second-order valence-electron chi connectivity index (χ2n) is 5.88. The molecule has 0 spiro atoms. The van der Waals surface area contributed by atoms with Crippen molar-refractivity contribution in [3.8, 4) is 0 Å². The summed E-state index contributed by atoms with van der Waals surface area (Å²) in [7, 11) is -3.33. The number of Topliss-reactive ketones (excluding diaryl/α,β-unsaturated/α-hetero) is 1. The van der Waals surface area contributed by atoms with Gasteiger partial charge in [-0.25, -0.2) is 18.4 Å². The van der Waals surface area contributed by atoms with Crippen LogP contribution in [0.2, 0.25) is 0 Å². The highest BCUT2D eigenvalue weighted by Crippen LogP contribution is 2.25. The Bertz CT molecular complexity index is 871. The van der Waals surface area contributed by atoms with Gasteiger partial charge in [-0.2, -0.15) is 0 Å². The molecule has 1 aromatic heterocycles. The van der Waals surface area contributed by atoms with Gasteiger partial charge in [0.2, 0.25) is 10.0 Å². The molecule has 0 radical (unpaired) electrons. The number of hydrogen-bond donors (Lipinski definition) is 1. The van der Waals surface area contributed by atoms with E-state index in [-0.39, 0.29) is 11.0 Å². The summed E-state index contributed by atoms with van der Waals surface area (Å²) < 4.78 is 24.8. The van der Waals surface area contributed by atoms with Crippen LogP contribution < -0.4 is 4.72 Å². The number of sulfonamides is 1. The van der Waals surface area contributed by atoms with E-state index < -0.39 is 10.0 Å². The fourth-order valence-corrected chi connectivity index (χ4v) is 3.66. The van der Waals surface area contributed by atoms with Gasteiger partial charge < -0.3 is 0 Å². The molecule has 0 bridgehead atoms. The van der Waals surface area contributed by atoms with Gasteiger partial charge in [-0.05, 0) is 57.5 Å². The number of carbonyl (C=O) groups is 1. The number of benzene rings is 1. The lowest BCUT2D eigenvalue weighted by atomic mass is 10.1. The zero-order valence-electron chi connectivity index (χ0n) is 14.8. The van der Waals surface area contributed by atoms with Crippen LogP contribution in [0.3, 0.4) is 0 Å². The molecule has 134 valence electrons. The molecule has 0 aliphatic rings. The second kappa shape index (κ2) is 7.53. The van der Waals surface area contributed by atoms with Gasteiger partial charge in [0.1, 0.15) is 0 Å². The van der Waals surface area contributed by atoms with Gasteiger partial charge in [0, 0.05) is 22.6 Å².